The van der Waals surface area contributed by atoms with Crippen LogP contribution in [-0.4, -0.2) is 15.0 Å². The molecule has 0 aliphatic rings. The Balaban J connectivity index is 2.19. The zero-order valence-corrected chi connectivity index (χ0v) is 8.60. The maximum atomic E-state index is 4.27. The highest BCUT2D eigenvalue weighted by Crippen LogP contribution is 2.26. The molecule has 66 valence electrons. The van der Waals surface area contributed by atoms with Crippen LogP contribution in [0.2, 0.25) is 0 Å². The molecule has 0 N–H and O–H groups in total. The van der Waals surface area contributed by atoms with Crippen molar-refractivity contribution >= 4 is 23.1 Å². The van der Waals surface area contributed by atoms with E-state index in [-0.39, 0.29) is 0 Å². The van der Waals surface area contributed by atoms with Gasteiger partial charge in [-0.15, -0.1) is 11.3 Å². The molecule has 0 saturated carbocycles. The fraction of sp³-hybridized carbons (Fsp3) is 0.125. The van der Waals surface area contributed by atoms with Crippen molar-refractivity contribution in [3.05, 3.63) is 29.7 Å². The molecule has 0 aliphatic carbocycles. The highest BCUT2D eigenvalue weighted by Gasteiger charge is 2.00. The van der Waals surface area contributed by atoms with Crippen LogP contribution in [0.4, 0.5) is 0 Å². The van der Waals surface area contributed by atoms with E-state index in [0.29, 0.717) is 0 Å². The largest absolute Gasteiger partial charge is 0.242 e. The van der Waals surface area contributed by atoms with Crippen LogP contribution in [0.15, 0.2) is 33.2 Å². The molecule has 0 aliphatic heterocycles. The first-order chi connectivity index (χ1) is 6.34. The molecule has 0 bridgehead atoms. The highest BCUT2D eigenvalue weighted by molar-refractivity contribution is 8.00. The first-order valence-electron chi connectivity index (χ1n) is 3.71. The molecule has 0 radical (unpaired) electrons. The van der Waals surface area contributed by atoms with Crippen molar-refractivity contribution in [3.63, 3.8) is 0 Å². The zero-order valence-electron chi connectivity index (χ0n) is 6.97. The zero-order chi connectivity index (χ0) is 9.10. The predicted molar refractivity (Wildman–Crippen MR) is 53.0 cm³/mol. The summed E-state index contributed by atoms with van der Waals surface area (Å²) in [5, 5.41) is 2.90. The van der Waals surface area contributed by atoms with E-state index in [1.54, 1.807) is 35.5 Å². The van der Waals surface area contributed by atoms with E-state index in [9.17, 15) is 0 Å². The van der Waals surface area contributed by atoms with Crippen LogP contribution in [0.5, 0.6) is 0 Å². The molecule has 2 heterocycles. The summed E-state index contributed by atoms with van der Waals surface area (Å²) in [6.07, 6.45) is 3.55. The van der Waals surface area contributed by atoms with Gasteiger partial charge < -0.3 is 0 Å². The first kappa shape index (κ1) is 8.65. The Hall–Kier alpha value is -0.940. The Morgan fingerprint density at radius 1 is 1.31 bits per heavy atom. The molecule has 3 nitrogen and oxygen atoms in total. The molecule has 0 saturated heterocycles. The number of rotatable bonds is 2. The van der Waals surface area contributed by atoms with Crippen LogP contribution < -0.4 is 0 Å². The summed E-state index contributed by atoms with van der Waals surface area (Å²) in [4.78, 5) is 12.5. The standard InChI is InChI=1S/C8H7N3S2/c1-6-9-3-2-7(11-6)13-8-10-4-5-12-8/h2-5H,1H3. The second-order valence-corrected chi connectivity index (χ2v) is 4.50. The molecular weight excluding hydrogens is 202 g/mol. The Labute approximate surface area is 84.3 Å². The molecule has 0 amide bonds. The van der Waals surface area contributed by atoms with E-state index >= 15 is 0 Å². The quantitative estimate of drug-likeness (QED) is 0.712. The second kappa shape index (κ2) is 3.85. The molecule has 0 unspecified atom stereocenters. The number of hydrogen-bond donors (Lipinski definition) is 0. The topological polar surface area (TPSA) is 38.7 Å². The van der Waals surface area contributed by atoms with Gasteiger partial charge in [-0.1, -0.05) is 0 Å². The summed E-state index contributed by atoms with van der Waals surface area (Å²) in [6, 6.07) is 1.89. The van der Waals surface area contributed by atoms with E-state index < -0.39 is 0 Å². The van der Waals surface area contributed by atoms with Crippen molar-refractivity contribution in [2.75, 3.05) is 0 Å². The van der Waals surface area contributed by atoms with E-state index in [1.165, 1.54) is 0 Å². The van der Waals surface area contributed by atoms with E-state index in [2.05, 4.69) is 15.0 Å². The normalized spacial score (nSPS) is 10.2. The minimum atomic E-state index is 0.793. The van der Waals surface area contributed by atoms with Crippen LogP contribution in [0, 0.1) is 6.92 Å². The average molecular weight is 209 g/mol. The number of aryl methyl sites for hydroxylation is 1. The predicted octanol–water partition coefficient (Wildman–Crippen LogP) is 2.39. The van der Waals surface area contributed by atoms with Crippen molar-refractivity contribution in [3.8, 4) is 0 Å². The van der Waals surface area contributed by atoms with Crippen LogP contribution in [0.3, 0.4) is 0 Å². The Kier molecular flexibility index (Phi) is 2.56. The Morgan fingerprint density at radius 3 is 2.92 bits per heavy atom. The molecule has 2 aromatic rings. The maximum Gasteiger partial charge on any atom is 0.156 e. The van der Waals surface area contributed by atoms with E-state index in [0.717, 1.165) is 15.2 Å². The number of aromatic nitrogens is 3. The Bertz CT molecular complexity index is 386. The van der Waals surface area contributed by atoms with Crippen LogP contribution >= 0.6 is 23.1 Å². The molecule has 2 rings (SSSR count). The number of thiazole rings is 1. The summed E-state index contributed by atoms with van der Waals surface area (Å²) in [5.74, 6) is 0.793. The lowest BCUT2D eigenvalue weighted by Gasteiger charge is -1.96. The van der Waals surface area contributed by atoms with Gasteiger partial charge >= 0.3 is 0 Å². The Morgan fingerprint density at radius 2 is 2.23 bits per heavy atom. The van der Waals surface area contributed by atoms with Gasteiger partial charge in [0.2, 0.25) is 0 Å². The molecule has 0 fully saturated rings. The van der Waals surface area contributed by atoms with Gasteiger partial charge in [-0.05, 0) is 24.8 Å². The molecule has 2 aromatic heterocycles. The lowest BCUT2D eigenvalue weighted by Crippen LogP contribution is -1.86. The van der Waals surface area contributed by atoms with Crippen molar-refractivity contribution in [2.24, 2.45) is 0 Å². The molecule has 5 heteroatoms. The van der Waals surface area contributed by atoms with Gasteiger partial charge in [-0.2, -0.15) is 0 Å². The lowest BCUT2D eigenvalue weighted by molar-refractivity contribution is 0.966. The maximum absolute atomic E-state index is 4.27. The van der Waals surface area contributed by atoms with Crippen LogP contribution in [-0.2, 0) is 0 Å². The SMILES string of the molecule is Cc1nccc(Sc2nccs2)n1. The minimum absolute atomic E-state index is 0.793. The third-order valence-corrected chi connectivity index (χ3v) is 3.17. The van der Waals surface area contributed by atoms with Crippen molar-refractivity contribution in [2.45, 2.75) is 16.3 Å². The summed E-state index contributed by atoms with van der Waals surface area (Å²) in [6.45, 7) is 1.88. The van der Waals surface area contributed by atoms with Gasteiger partial charge in [0.25, 0.3) is 0 Å². The average Bonchev–Trinajstić information content (AvgIpc) is 2.57. The summed E-state index contributed by atoms with van der Waals surface area (Å²) < 4.78 is 1.01. The summed E-state index contributed by atoms with van der Waals surface area (Å²) >= 11 is 3.18. The van der Waals surface area contributed by atoms with Gasteiger partial charge in [0.15, 0.2) is 4.34 Å². The fourth-order valence-electron chi connectivity index (χ4n) is 0.842. The van der Waals surface area contributed by atoms with Crippen molar-refractivity contribution in [1.29, 1.82) is 0 Å². The fourth-order valence-corrected chi connectivity index (χ4v) is 2.42. The van der Waals surface area contributed by atoms with Gasteiger partial charge in [0.05, 0.1) is 0 Å². The van der Waals surface area contributed by atoms with Crippen LogP contribution in [0.25, 0.3) is 0 Å². The third-order valence-electron chi connectivity index (χ3n) is 1.35. The van der Waals surface area contributed by atoms with E-state index in [1.807, 2.05) is 18.4 Å². The second-order valence-electron chi connectivity index (χ2n) is 2.34. The van der Waals surface area contributed by atoms with Gasteiger partial charge in [-0.3, -0.25) is 0 Å². The molecule has 0 spiro atoms. The molecular formula is C8H7N3S2. The highest BCUT2D eigenvalue weighted by atomic mass is 32.2. The number of hydrogen-bond acceptors (Lipinski definition) is 5. The van der Waals surface area contributed by atoms with E-state index in [4.69, 9.17) is 0 Å². The lowest BCUT2D eigenvalue weighted by atomic mass is 10.6. The summed E-state index contributed by atoms with van der Waals surface area (Å²) in [5.41, 5.74) is 0. The van der Waals surface area contributed by atoms with Gasteiger partial charge in [0.1, 0.15) is 10.9 Å². The van der Waals surface area contributed by atoms with Gasteiger partial charge in [-0.25, -0.2) is 15.0 Å². The minimum Gasteiger partial charge on any atom is -0.242 e. The van der Waals surface area contributed by atoms with Crippen molar-refractivity contribution < 1.29 is 0 Å². The van der Waals surface area contributed by atoms with Gasteiger partial charge in [0, 0.05) is 17.8 Å². The monoisotopic (exact) mass is 209 g/mol. The smallest absolute Gasteiger partial charge is 0.156 e. The molecule has 0 aromatic carbocycles. The molecule has 13 heavy (non-hydrogen) atoms. The number of nitrogens with zero attached hydrogens (tertiary/aromatic N) is 3. The van der Waals surface area contributed by atoms with Crippen LogP contribution in [0.1, 0.15) is 5.82 Å². The third kappa shape index (κ3) is 2.26. The molecule has 0 atom stereocenters. The van der Waals surface area contributed by atoms with Crippen molar-refractivity contribution in [1.82, 2.24) is 15.0 Å². The first-order valence-corrected chi connectivity index (χ1v) is 5.41. The summed E-state index contributed by atoms with van der Waals surface area (Å²) in [7, 11) is 0.